The molecule has 18 heavy (non-hydrogen) atoms. The molecule has 0 spiro atoms. The first-order valence-electron chi connectivity index (χ1n) is 6.15. The summed E-state index contributed by atoms with van der Waals surface area (Å²) in [5.74, 6) is 0. The van der Waals surface area contributed by atoms with Gasteiger partial charge >= 0.3 is 0 Å². The normalized spacial score (nSPS) is 13.5. The summed E-state index contributed by atoms with van der Waals surface area (Å²) in [6, 6.07) is 8.63. The Hall–Kier alpha value is 0.350. The maximum absolute atomic E-state index is 4.71. The van der Waals surface area contributed by atoms with Gasteiger partial charge in [0.2, 0.25) is 0 Å². The second kappa shape index (κ2) is 7.22. The van der Waals surface area contributed by atoms with Gasteiger partial charge < -0.3 is 0 Å². The number of hydrogen-bond acceptors (Lipinski definition) is 1. The van der Waals surface area contributed by atoms with Gasteiger partial charge in [-0.3, -0.25) is 4.98 Å². The lowest BCUT2D eigenvalue weighted by Crippen LogP contribution is -2.09. The third-order valence-corrected chi connectivity index (χ3v) is 13.1. The van der Waals surface area contributed by atoms with E-state index in [-0.39, 0.29) is 7.30 Å². The van der Waals surface area contributed by atoms with Crippen LogP contribution in [0.4, 0.5) is 0 Å². The summed E-state index contributed by atoms with van der Waals surface area (Å²) in [5.41, 5.74) is 1.31. The van der Waals surface area contributed by atoms with Crippen molar-refractivity contribution in [2.45, 2.75) is 26.2 Å². The average molecular weight is 313 g/mol. The lowest BCUT2D eigenvalue weighted by atomic mass is 10.1. The number of unbranched alkanes of at least 4 members (excludes halogenated alkanes) is 1. The summed E-state index contributed by atoms with van der Waals surface area (Å²) < 4.78 is 0. The van der Waals surface area contributed by atoms with Gasteiger partial charge in [-0.2, -0.15) is 0 Å². The minimum atomic E-state index is -0.166. The third kappa shape index (κ3) is 3.26. The molecule has 4 unspecified atom stereocenters. The zero-order chi connectivity index (χ0) is 13.0. The molecule has 0 saturated carbocycles. The fourth-order valence-corrected chi connectivity index (χ4v) is 6.25. The van der Waals surface area contributed by atoms with E-state index >= 15 is 0 Å². The fraction of sp³-hybridized carbons (Fsp3) is 0.308. The molecule has 0 aliphatic rings. The Kier molecular flexibility index (Phi) is 5.92. The molecule has 4 atom stereocenters. The van der Waals surface area contributed by atoms with E-state index in [1.165, 1.54) is 34.6 Å². The van der Waals surface area contributed by atoms with Crippen LogP contribution in [0.15, 0.2) is 30.5 Å². The van der Waals surface area contributed by atoms with Crippen molar-refractivity contribution < 1.29 is 0 Å². The number of aryl methyl sites for hydroxylation is 1. The van der Waals surface area contributed by atoms with Gasteiger partial charge in [0, 0.05) is 22.6 Å². The molecule has 0 radical (unpaired) electrons. The smallest absolute Gasteiger partial charge is 0.0493 e. The maximum atomic E-state index is 4.71. The van der Waals surface area contributed by atoms with Gasteiger partial charge in [0.15, 0.2) is 0 Å². The highest BCUT2D eigenvalue weighted by Crippen LogP contribution is 2.65. The Morgan fingerprint density at radius 1 is 1.33 bits per heavy atom. The van der Waals surface area contributed by atoms with Gasteiger partial charge in [-0.1, -0.05) is 45.6 Å². The maximum Gasteiger partial charge on any atom is 0.0493 e. The number of nitrogens with zero attached hydrogens (tertiary/aromatic N) is 1. The molecule has 0 saturated heterocycles. The molecule has 0 bridgehead atoms. The van der Waals surface area contributed by atoms with Gasteiger partial charge in [-0.15, -0.1) is 17.9 Å². The predicted molar refractivity (Wildman–Crippen MR) is 94.6 cm³/mol. The number of rotatable bonds is 5. The molecule has 1 heterocycles. The molecule has 0 aliphatic carbocycles. The summed E-state index contributed by atoms with van der Waals surface area (Å²) in [7, 11) is 6.65. The van der Waals surface area contributed by atoms with E-state index in [1.54, 1.807) is 0 Å². The molecule has 2 rings (SSSR count). The van der Waals surface area contributed by atoms with Crippen molar-refractivity contribution in [3.8, 4) is 0 Å². The van der Waals surface area contributed by atoms with Crippen LogP contribution in [0.5, 0.6) is 0 Å². The standard InChI is InChI=1S/C13H19NP4/c1-2-3-8-12-13(18(16)17-15)11-7-5-4-6-10(11)9-14-12/h4-7,9,17H,2-3,8,15-16H2,1H3. The van der Waals surface area contributed by atoms with Crippen molar-refractivity contribution in [2.75, 3.05) is 0 Å². The molecule has 1 aromatic heterocycles. The number of benzene rings is 1. The molecule has 1 aromatic carbocycles. The number of fused-ring (bicyclic) bond motifs is 1. The van der Waals surface area contributed by atoms with E-state index in [4.69, 9.17) is 4.98 Å². The highest BCUT2D eigenvalue weighted by Gasteiger charge is 2.14. The molecule has 0 fully saturated rings. The monoisotopic (exact) mass is 313 g/mol. The molecular weight excluding hydrogens is 294 g/mol. The highest BCUT2D eigenvalue weighted by atomic mass is 32.6. The van der Waals surface area contributed by atoms with Gasteiger partial charge in [-0.05, 0) is 25.5 Å². The minimum Gasteiger partial charge on any atom is -0.260 e. The van der Waals surface area contributed by atoms with Crippen LogP contribution >= 0.6 is 33.1 Å². The van der Waals surface area contributed by atoms with E-state index in [9.17, 15) is 0 Å². The highest BCUT2D eigenvalue weighted by molar-refractivity contribution is 8.63. The molecule has 0 aliphatic heterocycles. The van der Waals surface area contributed by atoms with E-state index in [0.717, 1.165) is 14.4 Å². The fourth-order valence-electron chi connectivity index (χ4n) is 2.05. The Morgan fingerprint density at radius 3 is 2.83 bits per heavy atom. The van der Waals surface area contributed by atoms with Gasteiger partial charge in [-0.25, -0.2) is 0 Å². The second-order valence-corrected chi connectivity index (χ2v) is 13.3. The Bertz CT molecular complexity index is 529. The zero-order valence-electron chi connectivity index (χ0n) is 10.6. The third-order valence-electron chi connectivity index (χ3n) is 3.00. The lowest BCUT2D eigenvalue weighted by molar-refractivity contribution is 0.782. The first-order chi connectivity index (χ1) is 8.77. The molecule has 1 nitrogen and oxygen atoms in total. The van der Waals surface area contributed by atoms with Crippen LogP contribution in [0.2, 0.25) is 0 Å². The number of aromatic nitrogens is 1. The summed E-state index contributed by atoms with van der Waals surface area (Å²) in [6.45, 7) is 2.24. The van der Waals surface area contributed by atoms with E-state index in [0.29, 0.717) is 0 Å². The summed E-state index contributed by atoms with van der Waals surface area (Å²) >= 11 is 0. The zero-order valence-corrected chi connectivity index (χ0v) is 14.8. The largest absolute Gasteiger partial charge is 0.260 e. The summed E-state index contributed by atoms with van der Waals surface area (Å²) in [6.07, 6.45) is 5.60. The number of hydrogen-bond donors (Lipinski definition) is 0. The molecule has 96 valence electrons. The SMILES string of the molecule is CCCCc1ncc2ccccc2c1P(P)PP. The summed E-state index contributed by atoms with van der Waals surface area (Å²) in [4.78, 5) is 4.71. The topological polar surface area (TPSA) is 12.9 Å². The van der Waals surface area contributed by atoms with Crippen molar-refractivity contribution in [1.82, 2.24) is 4.98 Å². The minimum absolute atomic E-state index is 0.166. The van der Waals surface area contributed by atoms with Crippen LogP contribution in [0.25, 0.3) is 10.8 Å². The molecule has 5 heteroatoms. The van der Waals surface area contributed by atoms with Crippen LogP contribution in [0.3, 0.4) is 0 Å². The Morgan fingerprint density at radius 2 is 2.11 bits per heavy atom. The Labute approximate surface area is 117 Å². The van der Waals surface area contributed by atoms with Crippen molar-refractivity contribution in [3.63, 3.8) is 0 Å². The molecule has 0 amide bonds. The van der Waals surface area contributed by atoms with Crippen LogP contribution < -0.4 is 5.30 Å². The van der Waals surface area contributed by atoms with E-state index in [1.807, 2.05) is 6.20 Å². The van der Waals surface area contributed by atoms with Crippen LogP contribution in [0, 0.1) is 0 Å². The van der Waals surface area contributed by atoms with E-state index < -0.39 is 0 Å². The van der Waals surface area contributed by atoms with Crippen molar-refractivity contribution >= 4 is 49.2 Å². The van der Waals surface area contributed by atoms with Gasteiger partial charge in [0.1, 0.15) is 0 Å². The van der Waals surface area contributed by atoms with Crippen molar-refractivity contribution in [1.29, 1.82) is 0 Å². The summed E-state index contributed by atoms with van der Waals surface area (Å²) in [5, 5.41) is 4.16. The Balaban J connectivity index is 2.55. The first kappa shape index (κ1) is 14.8. The number of pyridine rings is 1. The van der Waals surface area contributed by atoms with E-state index in [2.05, 4.69) is 49.0 Å². The van der Waals surface area contributed by atoms with Crippen molar-refractivity contribution in [2.24, 2.45) is 0 Å². The van der Waals surface area contributed by atoms with Crippen LogP contribution in [0.1, 0.15) is 25.5 Å². The molecular formula is C13H19NP4. The average Bonchev–Trinajstić information content (AvgIpc) is 2.43. The second-order valence-electron chi connectivity index (χ2n) is 4.24. The van der Waals surface area contributed by atoms with Gasteiger partial charge in [0.25, 0.3) is 0 Å². The predicted octanol–water partition coefficient (Wildman–Crippen LogP) is 4.86. The van der Waals surface area contributed by atoms with Crippen LogP contribution in [-0.4, -0.2) is 4.98 Å². The lowest BCUT2D eigenvalue weighted by Gasteiger charge is -2.17. The van der Waals surface area contributed by atoms with Gasteiger partial charge in [0.05, 0.1) is 0 Å². The van der Waals surface area contributed by atoms with Crippen LogP contribution in [-0.2, 0) is 6.42 Å². The van der Waals surface area contributed by atoms with Crippen molar-refractivity contribution in [3.05, 3.63) is 36.2 Å². The first-order valence-corrected chi connectivity index (χ1v) is 12.8. The molecule has 2 aromatic rings. The molecule has 0 N–H and O–H groups in total. The quantitative estimate of drug-likeness (QED) is 0.719.